The first-order chi connectivity index (χ1) is 13.4. The van der Waals surface area contributed by atoms with Gasteiger partial charge in [-0.3, -0.25) is 10.1 Å². The first-order valence-electron chi connectivity index (χ1n) is 8.10. The highest BCUT2D eigenvalue weighted by molar-refractivity contribution is 5.90. The average molecular weight is 378 g/mol. The summed E-state index contributed by atoms with van der Waals surface area (Å²) in [6, 6.07) is 12.7. The van der Waals surface area contributed by atoms with Crippen LogP contribution >= 0.6 is 0 Å². The number of H-pyrrole nitrogens is 1. The fourth-order valence-electron chi connectivity index (χ4n) is 2.60. The van der Waals surface area contributed by atoms with E-state index in [1.54, 1.807) is 24.3 Å². The second-order valence-electron chi connectivity index (χ2n) is 5.87. The van der Waals surface area contributed by atoms with Gasteiger partial charge in [-0.15, -0.1) is 0 Å². The molecule has 0 unspecified atom stereocenters. The van der Waals surface area contributed by atoms with Crippen LogP contribution in [0.4, 0.5) is 5.69 Å². The molecule has 9 nitrogen and oxygen atoms in total. The number of carbonyl (C=O) groups excluding carboxylic acids is 1. The highest BCUT2D eigenvalue weighted by atomic mass is 16.6. The number of fused-ring (bicyclic) bond motifs is 1. The first-order valence-corrected chi connectivity index (χ1v) is 8.10. The number of aryl methyl sites for hydroxylation is 1. The summed E-state index contributed by atoms with van der Waals surface area (Å²) in [5.74, 6) is -1.09. The number of nitrogens with zero attached hydrogens (tertiary/aromatic N) is 3. The van der Waals surface area contributed by atoms with Crippen LogP contribution in [0.5, 0.6) is 0 Å². The van der Waals surface area contributed by atoms with E-state index in [-0.39, 0.29) is 22.6 Å². The summed E-state index contributed by atoms with van der Waals surface area (Å²) >= 11 is 0. The van der Waals surface area contributed by atoms with E-state index in [9.17, 15) is 25.3 Å². The molecular weight excluding hydrogens is 364 g/mol. The second kappa shape index (κ2) is 7.59. The Balaban J connectivity index is 1.78. The molecule has 0 saturated heterocycles. The van der Waals surface area contributed by atoms with Crippen molar-refractivity contribution in [3.63, 3.8) is 0 Å². The molecule has 3 rings (SSSR count). The van der Waals surface area contributed by atoms with Gasteiger partial charge in [-0.2, -0.15) is 5.26 Å². The maximum absolute atomic E-state index is 12.1. The molecule has 0 aliphatic heterocycles. The van der Waals surface area contributed by atoms with Crippen LogP contribution in [-0.4, -0.2) is 32.6 Å². The Morgan fingerprint density at radius 1 is 1.36 bits per heavy atom. The lowest BCUT2D eigenvalue weighted by molar-refractivity contribution is -0.385. The van der Waals surface area contributed by atoms with Gasteiger partial charge in [0, 0.05) is 11.6 Å². The number of para-hydroxylation sites is 2. The van der Waals surface area contributed by atoms with Gasteiger partial charge in [0.05, 0.1) is 21.5 Å². The summed E-state index contributed by atoms with van der Waals surface area (Å²) < 4.78 is 5.01. The number of esters is 1. The fourth-order valence-corrected chi connectivity index (χ4v) is 2.60. The van der Waals surface area contributed by atoms with Crippen molar-refractivity contribution in [2.24, 2.45) is 0 Å². The van der Waals surface area contributed by atoms with Crippen molar-refractivity contribution >= 4 is 28.3 Å². The molecule has 0 aliphatic rings. The number of aliphatic hydroxyl groups excluding tert-OH is 1. The van der Waals surface area contributed by atoms with E-state index in [1.165, 1.54) is 25.1 Å². The zero-order valence-electron chi connectivity index (χ0n) is 14.7. The van der Waals surface area contributed by atoms with Gasteiger partial charge in [0.2, 0.25) is 0 Å². The van der Waals surface area contributed by atoms with Crippen LogP contribution in [0.15, 0.2) is 48.2 Å². The van der Waals surface area contributed by atoms with Crippen LogP contribution in [0.1, 0.15) is 21.7 Å². The Kier molecular flexibility index (Phi) is 5.04. The molecular formula is C19H14N4O5. The van der Waals surface area contributed by atoms with Gasteiger partial charge in [-0.1, -0.05) is 12.1 Å². The van der Waals surface area contributed by atoms with E-state index in [1.807, 2.05) is 6.07 Å². The fraction of sp³-hybridized carbons (Fsp3) is 0.105. The first kappa shape index (κ1) is 18.6. The quantitative estimate of drug-likeness (QED) is 0.228. The van der Waals surface area contributed by atoms with Gasteiger partial charge in [0.1, 0.15) is 18.2 Å². The lowest BCUT2D eigenvalue weighted by atomic mass is 10.1. The van der Waals surface area contributed by atoms with Crippen molar-refractivity contribution in [2.45, 2.75) is 6.92 Å². The van der Waals surface area contributed by atoms with Crippen LogP contribution in [0, 0.1) is 28.4 Å². The molecule has 0 fully saturated rings. The molecule has 28 heavy (non-hydrogen) atoms. The maximum Gasteiger partial charge on any atom is 0.338 e. The molecule has 3 aromatic rings. The van der Waals surface area contributed by atoms with Crippen molar-refractivity contribution < 1.29 is 19.6 Å². The van der Waals surface area contributed by atoms with E-state index in [2.05, 4.69) is 9.97 Å². The molecule has 9 heteroatoms. The molecule has 140 valence electrons. The highest BCUT2D eigenvalue weighted by Crippen LogP contribution is 2.21. The summed E-state index contributed by atoms with van der Waals surface area (Å²) in [5.41, 5.74) is 1.45. The van der Waals surface area contributed by atoms with Crippen molar-refractivity contribution in [3.8, 4) is 6.07 Å². The lowest BCUT2D eigenvalue weighted by Crippen LogP contribution is -2.10. The summed E-state index contributed by atoms with van der Waals surface area (Å²) in [4.78, 5) is 29.6. The Labute approximate surface area is 158 Å². The normalized spacial score (nSPS) is 11.6. The third kappa shape index (κ3) is 3.66. The largest absolute Gasteiger partial charge is 0.507 e. The van der Waals surface area contributed by atoms with Crippen molar-refractivity contribution in [1.29, 1.82) is 5.26 Å². The van der Waals surface area contributed by atoms with Crippen LogP contribution in [-0.2, 0) is 4.74 Å². The van der Waals surface area contributed by atoms with Gasteiger partial charge in [0.25, 0.3) is 5.69 Å². The average Bonchev–Trinajstić information content (AvgIpc) is 3.09. The van der Waals surface area contributed by atoms with E-state index < -0.39 is 23.3 Å². The topological polar surface area (TPSA) is 142 Å². The number of benzene rings is 2. The minimum atomic E-state index is -0.786. The highest BCUT2D eigenvalue weighted by Gasteiger charge is 2.17. The van der Waals surface area contributed by atoms with Crippen LogP contribution in [0.25, 0.3) is 16.6 Å². The van der Waals surface area contributed by atoms with Crippen LogP contribution in [0.2, 0.25) is 0 Å². The zero-order chi connectivity index (χ0) is 20.3. The number of nitro groups is 1. The molecule has 2 N–H and O–H groups in total. The molecule has 1 heterocycles. The number of aromatic amines is 1. The van der Waals surface area contributed by atoms with E-state index in [0.29, 0.717) is 16.6 Å². The number of nitrogens with one attached hydrogen (secondary N) is 1. The predicted molar refractivity (Wildman–Crippen MR) is 99.4 cm³/mol. The summed E-state index contributed by atoms with van der Waals surface area (Å²) in [6.07, 6.45) is 0. The number of allylic oxidation sites excluding steroid dienone is 1. The monoisotopic (exact) mass is 378 g/mol. The maximum atomic E-state index is 12.1. The predicted octanol–water partition coefficient (Wildman–Crippen LogP) is 3.43. The van der Waals surface area contributed by atoms with E-state index in [0.717, 1.165) is 0 Å². The number of nitriles is 1. The van der Waals surface area contributed by atoms with Crippen LogP contribution < -0.4 is 0 Å². The Morgan fingerprint density at radius 3 is 2.75 bits per heavy atom. The second-order valence-corrected chi connectivity index (χ2v) is 5.87. The minimum Gasteiger partial charge on any atom is -0.507 e. The van der Waals surface area contributed by atoms with Gasteiger partial charge >= 0.3 is 5.97 Å². The van der Waals surface area contributed by atoms with Crippen molar-refractivity contribution in [2.75, 3.05) is 6.61 Å². The Hall–Kier alpha value is -4.19. The SMILES string of the molecule is Cc1cc(C(=O)OC/C(O)=C(\C#N)c2nc3ccccc3[nH]2)ccc1[N+](=O)[O-]. The van der Waals surface area contributed by atoms with Gasteiger partial charge in [-0.25, -0.2) is 9.78 Å². The number of hydrogen-bond acceptors (Lipinski definition) is 7. The molecule has 0 radical (unpaired) electrons. The van der Waals surface area contributed by atoms with E-state index >= 15 is 0 Å². The van der Waals surface area contributed by atoms with Crippen LogP contribution in [0.3, 0.4) is 0 Å². The number of nitro benzene ring substituents is 1. The lowest BCUT2D eigenvalue weighted by Gasteiger charge is -2.06. The molecule has 0 atom stereocenters. The Bertz CT molecular complexity index is 1120. The van der Waals surface area contributed by atoms with Gasteiger partial charge in [0.15, 0.2) is 11.6 Å². The number of imidazole rings is 1. The molecule has 0 spiro atoms. The molecule has 1 aromatic heterocycles. The number of carbonyl (C=O) groups is 1. The molecule has 0 saturated carbocycles. The molecule has 0 aliphatic carbocycles. The zero-order valence-corrected chi connectivity index (χ0v) is 14.7. The smallest absolute Gasteiger partial charge is 0.338 e. The number of ether oxygens (including phenoxy) is 1. The number of hydrogen-bond donors (Lipinski definition) is 2. The third-order valence-electron chi connectivity index (χ3n) is 4.00. The van der Waals surface area contributed by atoms with Gasteiger partial charge < -0.3 is 14.8 Å². The van der Waals surface area contributed by atoms with Gasteiger partial charge in [-0.05, 0) is 31.2 Å². The standard InChI is InChI=1S/C19H14N4O5/c1-11-8-12(6-7-16(11)23(26)27)19(25)28-10-17(24)13(9-20)18-21-14-4-2-3-5-15(14)22-18/h2-8,24H,10H2,1H3,(H,21,22)/b17-13-. The summed E-state index contributed by atoms with van der Waals surface area (Å²) in [6.45, 7) is 0.955. The van der Waals surface area contributed by atoms with E-state index in [4.69, 9.17) is 4.74 Å². The Morgan fingerprint density at radius 2 is 2.11 bits per heavy atom. The molecule has 0 amide bonds. The number of rotatable bonds is 5. The van der Waals surface area contributed by atoms with Crippen molar-refractivity contribution in [3.05, 3.63) is 75.3 Å². The summed E-state index contributed by atoms with van der Waals surface area (Å²) in [5, 5.41) is 30.4. The number of aromatic nitrogens is 2. The van der Waals surface area contributed by atoms with Crippen molar-refractivity contribution in [1.82, 2.24) is 9.97 Å². The molecule has 2 aromatic carbocycles. The number of aliphatic hydroxyl groups is 1. The molecule has 0 bridgehead atoms. The third-order valence-corrected chi connectivity index (χ3v) is 4.00. The summed E-state index contributed by atoms with van der Waals surface area (Å²) in [7, 11) is 0. The minimum absolute atomic E-state index is 0.0955.